The lowest BCUT2D eigenvalue weighted by Gasteiger charge is -2.47. The molecule has 0 N–H and O–H groups in total. The minimum absolute atomic E-state index is 0.0201. The quantitative estimate of drug-likeness (QED) is 0.154. The first-order chi connectivity index (χ1) is 30.0. The van der Waals surface area contributed by atoms with E-state index in [0.717, 1.165) is 17.6 Å². The van der Waals surface area contributed by atoms with E-state index < -0.39 is 0 Å². The first-order valence-corrected chi connectivity index (χ1v) is 24.2. The number of aromatic nitrogens is 1. The molecule has 6 aromatic carbocycles. The van der Waals surface area contributed by atoms with Crippen LogP contribution in [0.15, 0.2) is 95.4 Å². The van der Waals surface area contributed by atoms with Gasteiger partial charge in [-0.25, -0.2) is 0 Å². The van der Waals surface area contributed by atoms with Crippen molar-refractivity contribution in [2.24, 2.45) is 0 Å². The maximum atomic E-state index is 7.31. The minimum Gasteiger partial charge on any atom is -0.455 e. The van der Waals surface area contributed by atoms with Gasteiger partial charge in [0.25, 0.3) is 0 Å². The molecular weight excluding hydrogens is 775 g/mol. The molecule has 0 bridgehead atoms. The Morgan fingerprint density at radius 3 is 1.70 bits per heavy atom. The average molecular weight is 841 g/mol. The Hall–Kier alpha value is -5.22. The molecule has 0 unspecified atom stereocenters. The average Bonchev–Trinajstić information content (AvgIpc) is 3.79. The molecule has 0 fully saturated rings. The van der Waals surface area contributed by atoms with Gasteiger partial charge in [0, 0.05) is 38.8 Å². The zero-order valence-corrected chi connectivity index (χ0v) is 40.9. The largest absolute Gasteiger partial charge is 0.455 e. The van der Waals surface area contributed by atoms with E-state index >= 15 is 0 Å². The van der Waals surface area contributed by atoms with Crippen molar-refractivity contribution in [2.45, 2.75) is 155 Å². The summed E-state index contributed by atoms with van der Waals surface area (Å²) in [5.41, 5.74) is 22.7. The number of hydrogen-bond acceptors (Lipinski definition) is 2. The van der Waals surface area contributed by atoms with Gasteiger partial charge in [0.1, 0.15) is 11.2 Å². The van der Waals surface area contributed by atoms with Crippen LogP contribution in [0.4, 0.5) is 11.4 Å². The second-order valence-electron chi connectivity index (χ2n) is 25.1. The van der Waals surface area contributed by atoms with Gasteiger partial charge < -0.3 is 13.8 Å². The van der Waals surface area contributed by atoms with Crippen molar-refractivity contribution < 1.29 is 4.42 Å². The first-order valence-electron chi connectivity index (χ1n) is 24.2. The Bertz CT molecular complexity index is 3350. The van der Waals surface area contributed by atoms with E-state index in [1.54, 1.807) is 0 Å². The van der Waals surface area contributed by atoms with Crippen LogP contribution in [0.2, 0.25) is 0 Å². The van der Waals surface area contributed by atoms with E-state index in [9.17, 15) is 0 Å². The molecule has 2 aromatic heterocycles. The topological polar surface area (TPSA) is 21.3 Å². The maximum Gasteiger partial charge on any atom is 0.333 e. The molecule has 2 aliphatic carbocycles. The van der Waals surface area contributed by atoms with Crippen LogP contribution in [0.1, 0.15) is 156 Å². The number of nitrogens with zero attached hydrogens (tertiary/aromatic N) is 2. The van der Waals surface area contributed by atoms with Crippen LogP contribution in [0.3, 0.4) is 0 Å². The fraction of sp³-hybridized carbons (Fsp3) is 0.400. The molecule has 64 heavy (non-hydrogen) atoms. The first kappa shape index (κ1) is 40.3. The summed E-state index contributed by atoms with van der Waals surface area (Å²) in [4.78, 5) is 2.78. The number of furan rings is 1. The zero-order chi connectivity index (χ0) is 45.0. The highest BCUT2D eigenvalue weighted by Crippen LogP contribution is 2.56. The van der Waals surface area contributed by atoms with E-state index in [0.29, 0.717) is 0 Å². The molecule has 0 atom stereocenters. The van der Waals surface area contributed by atoms with E-state index in [-0.39, 0.29) is 39.3 Å². The van der Waals surface area contributed by atoms with Crippen LogP contribution in [0, 0.1) is 0 Å². The molecule has 4 aliphatic rings. The van der Waals surface area contributed by atoms with E-state index in [1.165, 1.54) is 124 Å². The molecule has 4 heteroatoms. The van der Waals surface area contributed by atoms with Crippen LogP contribution in [0.25, 0.3) is 60.6 Å². The molecule has 0 amide bonds. The number of rotatable bonds is 1. The number of fused-ring (bicyclic) bond motifs is 15. The Morgan fingerprint density at radius 1 is 0.547 bits per heavy atom. The fourth-order valence-electron chi connectivity index (χ4n) is 12.8. The van der Waals surface area contributed by atoms with Gasteiger partial charge in [-0.2, -0.15) is 0 Å². The predicted molar refractivity (Wildman–Crippen MR) is 275 cm³/mol. The highest BCUT2D eigenvalue weighted by molar-refractivity contribution is 6.94. The molecule has 4 heterocycles. The fourth-order valence-corrected chi connectivity index (χ4v) is 12.8. The predicted octanol–water partition coefficient (Wildman–Crippen LogP) is 15.2. The van der Waals surface area contributed by atoms with Crippen molar-refractivity contribution in [2.75, 3.05) is 4.81 Å². The Morgan fingerprint density at radius 2 is 1.09 bits per heavy atom. The monoisotopic (exact) mass is 841 g/mol. The van der Waals surface area contributed by atoms with Gasteiger partial charge in [0.2, 0.25) is 0 Å². The Kier molecular flexibility index (Phi) is 7.78. The van der Waals surface area contributed by atoms with Gasteiger partial charge in [-0.05, 0) is 157 Å². The summed E-state index contributed by atoms with van der Waals surface area (Å²) in [7, 11) is 0. The Balaban J connectivity index is 1.35. The summed E-state index contributed by atoms with van der Waals surface area (Å²) in [5.74, 6) is 0. The number of hydrogen-bond donors (Lipinski definition) is 0. The van der Waals surface area contributed by atoms with Crippen LogP contribution in [-0.4, -0.2) is 11.4 Å². The molecule has 0 spiro atoms. The molecule has 0 radical (unpaired) electrons. The third-order valence-electron chi connectivity index (χ3n) is 17.0. The highest BCUT2D eigenvalue weighted by atomic mass is 16.3. The van der Waals surface area contributed by atoms with Crippen LogP contribution >= 0.6 is 0 Å². The van der Waals surface area contributed by atoms with Crippen LogP contribution < -0.4 is 15.7 Å². The van der Waals surface area contributed by atoms with E-state index in [1.807, 2.05) is 0 Å². The van der Waals surface area contributed by atoms with Gasteiger partial charge in [-0.15, -0.1) is 0 Å². The van der Waals surface area contributed by atoms with Crippen molar-refractivity contribution in [1.29, 1.82) is 0 Å². The molecule has 324 valence electrons. The summed E-state index contributed by atoms with van der Waals surface area (Å²) in [6, 6.07) is 36.4. The van der Waals surface area contributed by atoms with Crippen LogP contribution in [0.5, 0.6) is 0 Å². The highest BCUT2D eigenvalue weighted by Gasteiger charge is 2.49. The Labute approximate surface area is 381 Å². The lowest BCUT2D eigenvalue weighted by Crippen LogP contribution is -2.61. The molecule has 8 aromatic rings. The number of para-hydroxylation sites is 1. The summed E-state index contributed by atoms with van der Waals surface area (Å²) in [6.07, 6.45) is 4.67. The molecule has 3 nitrogen and oxygen atoms in total. The van der Waals surface area contributed by atoms with Gasteiger partial charge in [0.05, 0.1) is 16.4 Å². The lowest BCUT2D eigenvalue weighted by molar-refractivity contribution is 0.332. The normalized spacial score (nSPS) is 19.0. The summed E-state index contributed by atoms with van der Waals surface area (Å²) in [5, 5.41) is 4.97. The molecule has 12 rings (SSSR count). The molecular formula is C60H65BN2O. The van der Waals surface area contributed by atoms with Crippen molar-refractivity contribution in [3.63, 3.8) is 0 Å². The minimum atomic E-state index is -0.0821. The third-order valence-corrected chi connectivity index (χ3v) is 17.0. The SMILES string of the molecule is CC(C)(C)c1ccc(N2B3c4cc5c(cc4-n4c6ccc(C(C)(C)C)cc6c6c7oc8ccccc8c7c(c3c64)-c3cc4c(cc32)C(C)(C)CCC4(C)C)C(C)(C)CCC5(C)C)cc1. The zero-order valence-electron chi connectivity index (χ0n) is 40.9. The summed E-state index contributed by atoms with van der Waals surface area (Å²) >= 11 is 0. The summed E-state index contributed by atoms with van der Waals surface area (Å²) < 4.78 is 9.99. The van der Waals surface area contributed by atoms with Crippen molar-refractivity contribution in [3.8, 4) is 16.8 Å². The van der Waals surface area contributed by atoms with Crippen molar-refractivity contribution >= 4 is 72.9 Å². The van der Waals surface area contributed by atoms with Gasteiger partial charge in [-0.3, -0.25) is 0 Å². The molecule has 2 aliphatic heterocycles. The standard InChI is InChI=1S/C60H65BN2O/c1-55(2,3)34-19-22-36(23-20-34)63-46-32-42-40(57(7,8)25-27-59(42,11)12)30-39(46)49-50-37-17-15-16-18-48(37)64-54(50)51-38-29-35(56(4,5)6)21-24-45(38)62-47-33-43-41(58(9,10)26-28-60(43,13)14)31-44(47)61(63)52(49)53(51)62/h15-24,29-33H,25-28H2,1-14H3. The van der Waals surface area contributed by atoms with Gasteiger partial charge >= 0.3 is 6.85 Å². The second-order valence-corrected chi connectivity index (χ2v) is 25.1. The van der Waals surface area contributed by atoms with E-state index in [2.05, 4.69) is 197 Å². The number of anilines is 2. The van der Waals surface area contributed by atoms with Crippen molar-refractivity contribution in [1.82, 2.24) is 4.57 Å². The maximum absolute atomic E-state index is 7.31. The lowest BCUT2D eigenvalue weighted by atomic mass is 9.42. The third kappa shape index (κ3) is 5.29. The second kappa shape index (κ2) is 12.4. The summed E-state index contributed by atoms with van der Waals surface area (Å²) in [6.45, 7) is 33.8. The van der Waals surface area contributed by atoms with Crippen LogP contribution in [-0.2, 0) is 32.5 Å². The molecule has 0 saturated heterocycles. The smallest absolute Gasteiger partial charge is 0.333 e. The van der Waals surface area contributed by atoms with Crippen molar-refractivity contribution in [3.05, 3.63) is 124 Å². The molecule has 0 saturated carbocycles. The van der Waals surface area contributed by atoms with E-state index in [4.69, 9.17) is 4.42 Å². The van der Waals surface area contributed by atoms with Gasteiger partial charge in [0.15, 0.2) is 0 Å². The number of benzene rings is 6. The van der Waals surface area contributed by atoms with Gasteiger partial charge in [-0.1, -0.05) is 139 Å².